The maximum Gasteiger partial charge on any atom is 0.343 e. The zero-order chi connectivity index (χ0) is 16.0. The summed E-state index contributed by atoms with van der Waals surface area (Å²) in [6.07, 6.45) is 2.02. The number of hydrogen-bond acceptors (Lipinski definition) is 5. The van der Waals surface area contributed by atoms with E-state index in [2.05, 4.69) is 5.29 Å². The molecule has 0 N–H and O–H groups in total. The molecule has 0 aromatic rings. The summed E-state index contributed by atoms with van der Waals surface area (Å²) in [5.74, 6) is 0.275. The van der Waals surface area contributed by atoms with Crippen LogP contribution >= 0.6 is 11.6 Å². The minimum atomic E-state index is -3.40. The number of nitrogens with zero attached hydrogens (tertiary/aromatic N) is 4. The van der Waals surface area contributed by atoms with Gasteiger partial charge in [0.05, 0.1) is 17.6 Å². The molecule has 0 aromatic heterocycles. The monoisotopic (exact) mass is 340 g/mol. The fourth-order valence-corrected chi connectivity index (χ4v) is 2.68. The molecule has 122 valence electrons. The van der Waals surface area contributed by atoms with Gasteiger partial charge in [-0.15, -0.1) is 16.5 Å². The molecule has 21 heavy (non-hydrogen) atoms. The molecule has 0 bridgehead atoms. The Labute approximate surface area is 130 Å². The van der Waals surface area contributed by atoms with Crippen molar-refractivity contribution >= 4 is 27.7 Å². The van der Waals surface area contributed by atoms with E-state index in [1.165, 1.54) is 19.0 Å². The van der Waals surface area contributed by atoms with Crippen molar-refractivity contribution < 1.29 is 13.2 Å². The first-order valence-corrected chi connectivity index (χ1v) is 8.82. The number of amides is 2. The minimum Gasteiger partial charge on any atom is -0.322 e. The van der Waals surface area contributed by atoms with E-state index in [0.717, 1.165) is 22.2 Å². The van der Waals surface area contributed by atoms with Crippen LogP contribution < -0.4 is 0 Å². The van der Waals surface area contributed by atoms with E-state index < -0.39 is 16.1 Å². The van der Waals surface area contributed by atoms with E-state index in [1.807, 2.05) is 0 Å². The predicted octanol–water partition coefficient (Wildman–Crippen LogP) is 0.932. The Morgan fingerprint density at radius 1 is 1.29 bits per heavy atom. The third-order valence-electron chi connectivity index (χ3n) is 3.24. The number of carbonyl (C=O) groups is 1. The first-order valence-electron chi connectivity index (χ1n) is 6.67. The van der Waals surface area contributed by atoms with E-state index in [0.29, 0.717) is 12.5 Å². The molecule has 1 aliphatic rings. The number of halogens is 1. The number of carbonyl (C=O) groups excluding carboxylic acids is 1. The molecule has 0 aliphatic heterocycles. The molecule has 1 saturated carbocycles. The van der Waals surface area contributed by atoms with E-state index in [9.17, 15) is 18.1 Å². The largest absolute Gasteiger partial charge is 0.343 e. The van der Waals surface area contributed by atoms with Crippen molar-refractivity contribution in [2.45, 2.75) is 12.8 Å². The Morgan fingerprint density at radius 3 is 2.33 bits per heavy atom. The molecule has 2 amide bonds. The van der Waals surface area contributed by atoms with E-state index >= 15 is 0 Å². The van der Waals surface area contributed by atoms with Gasteiger partial charge in [-0.05, 0) is 18.8 Å². The van der Waals surface area contributed by atoms with Crippen molar-refractivity contribution in [3.8, 4) is 0 Å². The molecular formula is C11H21ClN4O4S. The van der Waals surface area contributed by atoms with Crippen molar-refractivity contribution in [3.05, 3.63) is 4.91 Å². The van der Waals surface area contributed by atoms with Crippen LogP contribution in [0.2, 0.25) is 0 Å². The molecule has 0 spiro atoms. The molecule has 8 nitrogen and oxygen atoms in total. The van der Waals surface area contributed by atoms with Crippen LogP contribution in [-0.2, 0) is 10.0 Å². The molecule has 10 heteroatoms. The van der Waals surface area contributed by atoms with Gasteiger partial charge in [-0.3, -0.25) is 0 Å². The van der Waals surface area contributed by atoms with E-state index in [-0.39, 0.29) is 24.7 Å². The molecule has 1 fully saturated rings. The summed E-state index contributed by atoms with van der Waals surface area (Å²) >= 11 is 5.52. The summed E-state index contributed by atoms with van der Waals surface area (Å²) in [5.41, 5.74) is 0. The number of alkyl halides is 1. The number of hydrogen-bond donors (Lipinski definition) is 0. The average Bonchev–Trinajstić information content (AvgIpc) is 3.23. The lowest BCUT2D eigenvalue weighted by Crippen LogP contribution is -2.45. The Kier molecular flexibility index (Phi) is 6.82. The van der Waals surface area contributed by atoms with Gasteiger partial charge >= 0.3 is 6.03 Å². The Balaban J connectivity index is 2.70. The molecule has 1 aliphatic carbocycles. The zero-order valence-electron chi connectivity index (χ0n) is 12.2. The lowest BCUT2D eigenvalue weighted by Gasteiger charge is -2.26. The second-order valence-corrected chi connectivity index (χ2v) is 7.84. The van der Waals surface area contributed by atoms with Gasteiger partial charge in [0.15, 0.2) is 0 Å². The fourth-order valence-electron chi connectivity index (χ4n) is 1.70. The number of nitroso groups, excluding NO2 is 1. The summed E-state index contributed by atoms with van der Waals surface area (Å²) < 4.78 is 24.7. The predicted molar refractivity (Wildman–Crippen MR) is 80.4 cm³/mol. The van der Waals surface area contributed by atoms with Gasteiger partial charge in [0.2, 0.25) is 10.0 Å². The maximum atomic E-state index is 12.2. The van der Waals surface area contributed by atoms with Crippen molar-refractivity contribution in [3.63, 3.8) is 0 Å². The topological polar surface area (TPSA) is 90.4 Å². The quantitative estimate of drug-likeness (QED) is 0.355. The Bertz CT molecular complexity index is 467. The van der Waals surface area contributed by atoms with Crippen LogP contribution in [0, 0.1) is 10.8 Å². The third kappa shape index (κ3) is 5.76. The highest BCUT2D eigenvalue weighted by Gasteiger charge is 2.30. The van der Waals surface area contributed by atoms with Gasteiger partial charge in [0.1, 0.15) is 0 Å². The lowest BCUT2D eigenvalue weighted by molar-refractivity contribution is 0.157. The van der Waals surface area contributed by atoms with Gasteiger partial charge in [0.25, 0.3) is 0 Å². The molecule has 0 radical (unpaired) electrons. The Hall–Kier alpha value is -0.930. The molecule has 0 saturated heterocycles. The van der Waals surface area contributed by atoms with Crippen LogP contribution in [0.25, 0.3) is 0 Å². The van der Waals surface area contributed by atoms with Crippen LogP contribution in [0.3, 0.4) is 0 Å². The van der Waals surface area contributed by atoms with Gasteiger partial charge < -0.3 is 4.90 Å². The first-order chi connectivity index (χ1) is 9.81. The summed E-state index contributed by atoms with van der Waals surface area (Å²) in [6, 6.07) is -0.591. The first kappa shape index (κ1) is 18.1. The second kappa shape index (κ2) is 7.90. The maximum absolute atomic E-state index is 12.2. The molecule has 1 rings (SSSR count). The summed E-state index contributed by atoms with van der Waals surface area (Å²) in [7, 11) is -0.521. The smallest absolute Gasteiger partial charge is 0.322 e. The fraction of sp³-hybridized carbons (Fsp3) is 0.909. The van der Waals surface area contributed by atoms with Crippen LogP contribution in [0.15, 0.2) is 5.29 Å². The van der Waals surface area contributed by atoms with Crippen LogP contribution in [0.5, 0.6) is 0 Å². The van der Waals surface area contributed by atoms with Gasteiger partial charge in [0, 0.05) is 33.1 Å². The highest BCUT2D eigenvalue weighted by molar-refractivity contribution is 7.89. The van der Waals surface area contributed by atoms with Gasteiger partial charge in [-0.25, -0.2) is 17.5 Å². The standard InChI is InChI=1S/C11H21ClN4O4S/c1-14(2)21(19,20)8-7-15(9-10-3-4-10)11(17)16(13-18)6-5-12/h10H,3-9H2,1-2H3. The third-order valence-corrected chi connectivity index (χ3v) is 5.22. The van der Waals surface area contributed by atoms with E-state index in [1.54, 1.807) is 0 Å². The average molecular weight is 341 g/mol. The Morgan fingerprint density at radius 2 is 1.90 bits per heavy atom. The van der Waals surface area contributed by atoms with Gasteiger partial charge in [-0.2, -0.15) is 5.01 Å². The minimum absolute atomic E-state index is 0.00544. The molecule has 0 heterocycles. The zero-order valence-corrected chi connectivity index (χ0v) is 13.8. The van der Waals surface area contributed by atoms with Crippen LogP contribution in [0.4, 0.5) is 4.79 Å². The molecule has 0 unspecified atom stereocenters. The normalized spacial score (nSPS) is 15.0. The van der Waals surface area contributed by atoms with Crippen LogP contribution in [-0.4, -0.2) is 74.0 Å². The van der Waals surface area contributed by atoms with Crippen molar-refractivity contribution in [2.24, 2.45) is 11.2 Å². The number of sulfonamides is 1. The summed E-state index contributed by atoms with van der Waals surface area (Å²) in [6.45, 7) is 0.478. The van der Waals surface area contributed by atoms with Crippen molar-refractivity contribution in [2.75, 3.05) is 45.4 Å². The van der Waals surface area contributed by atoms with E-state index in [4.69, 9.17) is 11.6 Å². The number of urea groups is 1. The van der Waals surface area contributed by atoms with Crippen LogP contribution in [0.1, 0.15) is 12.8 Å². The summed E-state index contributed by atoms with van der Waals surface area (Å²) in [5, 5.41) is 3.39. The molecular weight excluding hydrogens is 320 g/mol. The molecule has 0 atom stereocenters. The second-order valence-electron chi connectivity index (χ2n) is 5.16. The van der Waals surface area contributed by atoms with Crippen molar-refractivity contribution in [1.82, 2.24) is 14.2 Å². The SMILES string of the molecule is CN(C)S(=O)(=O)CCN(CC1CC1)C(=O)N(CCCl)N=O. The highest BCUT2D eigenvalue weighted by atomic mass is 35.5. The number of rotatable bonds is 9. The summed E-state index contributed by atoms with van der Waals surface area (Å²) in [4.78, 5) is 24.3. The van der Waals surface area contributed by atoms with Gasteiger partial charge in [-0.1, -0.05) is 0 Å². The lowest BCUT2D eigenvalue weighted by atomic mass is 10.4. The highest BCUT2D eigenvalue weighted by Crippen LogP contribution is 2.30. The van der Waals surface area contributed by atoms with Crippen molar-refractivity contribution in [1.29, 1.82) is 0 Å². The molecule has 0 aromatic carbocycles.